The number of benzene rings is 2. The largest absolute Gasteiger partial charge is 0.497 e. The lowest BCUT2D eigenvalue weighted by Crippen LogP contribution is -2.25. The molecule has 0 fully saturated rings. The predicted octanol–water partition coefficient (Wildman–Crippen LogP) is 3.67. The van der Waals surface area contributed by atoms with Gasteiger partial charge in [-0.2, -0.15) is 5.10 Å². The summed E-state index contributed by atoms with van der Waals surface area (Å²) in [6.07, 6.45) is 0.712. The molecule has 3 rings (SSSR count). The van der Waals surface area contributed by atoms with Crippen molar-refractivity contribution >= 4 is 22.6 Å². The molecule has 0 aliphatic carbocycles. The van der Waals surface area contributed by atoms with Gasteiger partial charge < -0.3 is 9.47 Å². The number of para-hydroxylation sites is 1. The molecule has 1 heterocycles. The van der Waals surface area contributed by atoms with Crippen molar-refractivity contribution in [3.8, 4) is 5.75 Å². The Morgan fingerprint density at radius 2 is 1.93 bits per heavy atom. The summed E-state index contributed by atoms with van der Waals surface area (Å²) < 4.78 is 12.2. The number of methoxy groups -OCH3 is 1. The Bertz CT molecular complexity index is 1040. The highest BCUT2D eigenvalue weighted by Gasteiger charge is 2.10. The van der Waals surface area contributed by atoms with Gasteiger partial charge in [-0.1, -0.05) is 12.1 Å². The maximum atomic E-state index is 13.0. The highest BCUT2D eigenvalue weighted by Crippen LogP contribution is 2.14. The molecule has 29 heavy (non-hydrogen) atoms. The number of ether oxygens (including phenoxy) is 2. The van der Waals surface area contributed by atoms with Crippen LogP contribution >= 0.6 is 0 Å². The molecule has 3 aromatic rings. The summed E-state index contributed by atoms with van der Waals surface area (Å²) in [5, 5.41) is 5.03. The molecule has 152 valence electrons. The monoisotopic (exact) mass is 394 g/mol. The van der Waals surface area contributed by atoms with Crippen LogP contribution in [-0.2, 0) is 11.3 Å². The third kappa shape index (κ3) is 5.00. The lowest BCUT2D eigenvalue weighted by atomic mass is 10.1. The minimum Gasteiger partial charge on any atom is -0.497 e. The minimum atomic E-state index is -0.0908. The maximum Gasteiger partial charge on any atom is 0.262 e. The van der Waals surface area contributed by atoms with Gasteiger partial charge in [0, 0.05) is 19.8 Å². The zero-order valence-electron chi connectivity index (χ0n) is 17.0. The zero-order chi connectivity index (χ0) is 20.6. The normalized spacial score (nSPS) is 11.6. The van der Waals surface area contributed by atoms with E-state index in [0.29, 0.717) is 43.0 Å². The molecule has 0 amide bonds. The highest BCUT2D eigenvalue weighted by molar-refractivity contribution is 5.99. The van der Waals surface area contributed by atoms with Crippen LogP contribution < -0.4 is 15.7 Å². The number of anilines is 1. The van der Waals surface area contributed by atoms with Crippen molar-refractivity contribution < 1.29 is 9.47 Å². The highest BCUT2D eigenvalue weighted by atomic mass is 16.5. The third-order valence-corrected chi connectivity index (χ3v) is 4.57. The second kappa shape index (κ2) is 9.84. The van der Waals surface area contributed by atoms with Crippen molar-refractivity contribution in [2.45, 2.75) is 26.8 Å². The molecule has 0 aliphatic heterocycles. The predicted molar refractivity (Wildman–Crippen MR) is 116 cm³/mol. The van der Waals surface area contributed by atoms with Crippen LogP contribution in [-0.4, -0.2) is 35.6 Å². The smallest absolute Gasteiger partial charge is 0.262 e. The van der Waals surface area contributed by atoms with Crippen molar-refractivity contribution in [2.24, 2.45) is 5.10 Å². The lowest BCUT2D eigenvalue weighted by Gasteiger charge is -2.13. The van der Waals surface area contributed by atoms with Crippen LogP contribution in [0.4, 0.5) is 5.95 Å². The zero-order valence-corrected chi connectivity index (χ0v) is 17.0. The Hall–Kier alpha value is -3.19. The quantitative estimate of drug-likeness (QED) is 0.340. The first-order chi connectivity index (χ1) is 14.1. The van der Waals surface area contributed by atoms with Crippen LogP contribution in [0.1, 0.15) is 25.8 Å². The summed E-state index contributed by atoms with van der Waals surface area (Å²) >= 11 is 0. The summed E-state index contributed by atoms with van der Waals surface area (Å²) in [6, 6.07) is 15.0. The molecule has 0 aliphatic rings. The molecule has 0 bridgehead atoms. The standard InChI is InChI=1S/C22H26N4O3/c1-4-29-15-7-14-26-21(27)19-8-5-6-9-20(19)23-22(26)25-24-16(2)17-10-12-18(28-3)13-11-17/h5-6,8-13H,4,7,14-15H2,1-3H3,(H,23,25)/b24-16-. The van der Waals surface area contributed by atoms with Gasteiger partial charge in [0.05, 0.1) is 23.7 Å². The van der Waals surface area contributed by atoms with Gasteiger partial charge in [0.15, 0.2) is 0 Å². The molecule has 0 saturated carbocycles. The number of hydrogen-bond acceptors (Lipinski definition) is 6. The van der Waals surface area contributed by atoms with Gasteiger partial charge in [0.25, 0.3) is 5.56 Å². The van der Waals surface area contributed by atoms with E-state index in [9.17, 15) is 4.79 Å². The van der Waals surface area contributed by atoms with E-state index in [-0.39, 0.29) is 5.56 Å². The average Bonchev–Trinajstić information content (AvgIpc) is 2.76. The Balaban J connectivity index is 1.90. The Kier molecular flexibility index (Phi) is 6.97. The fraction of sp³-hybridized carbons (Fsp3) is 0.318. The first-order valence-corrected chi connectivity index (χ1v) is 9.66. The van der Waals surface area contributed by atoms with Crippen molar-refractivity contribution in [1.29, 1.82) is 0 Å². The van der Waals surface area contributed by atoms with E-state index in [2.05, 4.69) is 15.5 Å². The molecule has 7 nitrogen and oxygen atoms in total. The van der Waals surface area contributed by atoms with E-state index in [4.69, 9.17) is 9.47 Å². The molecular weight excluding hydrogens is 368 g/mol. The Morgan fingerprint density at radius 3 is 2.66 bits per heavy atom. The number of nitrogens with one attached hydrogen (secondary N) is 1. The molecule has 1 aromatic heterocycles. The number of hydrazone groups is 1. The summed E-state index contributed by atoms with van der Waals surface area (Å²) in [5.74, 6) is 1.20. The Labute approximate surface area is 170 Å². The lowest BCUT2D eigenvalue weighted by molar-refractivity contribution is 0.141. The average molecular weight is 394 g/mol. The second-order valence-electron chi connectivity index (χ2n) is 6.50. The number of aromatic nitrogens is 2. The summed E-state index contributed by atoms with van der Waals surface area (Å²) in [5.41, 5.74) is 5.25. The number of hydrogen-bond donors (Lipinski definition) is 1. The SMILES string of the molecule is CCOCCCn1c(N/N=C(/C)c2ccc(OC)cc2)nc2ccccc2c1=O. The van der Waals surface area contributed by atoms with E-state index in [1.54, 1.807) is 17.7 Å². The number of rotatable bonds is 9. The van der Waals surface area contributed by atoms with Gasteiger partial charge >= 0.3 is 0 Å². The van der Waals surface area contributed by atoms with Crippen LogP contribution in [0.15, 0.2) is 58.4 Å². The summed E-state index contributed by atoms with van der Waals surface area (Å²) in [4.78, 5) is 17.6. The molecule has 0 saturated heterocycles. The molecule has 1 N–H and O–H groups in total. The van der Waals surface area contributed by atoms with E-state index in [1.165, 1.54) is 0 Å². The first kappa shape index (κ1) is 20.5. The Morgan fingerprint density at radius 1 is 1.17 bits per heavy atom. The van der Waals surface area contributed by atoms with Crippen LogP contribution in [0.5, 0.6) is 5.75 Å². The molecular formula is C22H26N4O3. The van der Waals surface area contributed by atoms with Crippen molar-refractivity contribution in [3.05, 3.63) is 64.4 Å². The van der Waals surface area contributed by atoms with Crippen LogP contribution in [0.25, 0.3) is 10.9 Å². The first-order valence-electron chi connectivity index (χ1n) is 9.66. The van der Waals surface area contributed by atoms with Crippen molar-refractivity contribution in [2.75, 3.05) is 25.7 Å². The van der Waals surface area contributed by atoms with E-state index in [1.807, 2.05) is 56.3 Å². The van der Waals surface area contributed by atoms with Crippen molar-refractivity contribution in [1.82, 2.24) is 9.55 Å². The van der Waals surface area contributed by atoms with Crippen LogP contribution in [0, 0.1) is 0 Å². The molecule has 0 radical (unpaired) electrons. The van der Waals surface area contributed by atoms with Gasteiger partial charge in [-0.3, -0.25) is 9.36 Å². The number of nitrogens with zero attached hydrogens (tertiary/aromatic N) is 3. The van der Waals surface area contributed by atoms with E-state index in [0.717, 1.165) is 17.0 Å². The van der Waals surface area contributed by atoms with Gasteiger partial charge in [0.1, 0.15) is 5.75 Å². The minimum absolute atomic E-state index is 0.0908. The van der Waals surface area contributed by atoms with Crippen LogP contribution in [0.3, 0.4) is 0 Å². The van der Waals surface area contributed by atoms with Gasteiger partial charge in [0.2, 0.25) is 5.95 Å². The summed E-state index contributed by atoms with van der Waals surface area (Å²) in [7, 11) is 1.63. The molecule has 2 aromatic carbocycles. The molecule has 0 spiro atoms. The van der Waals surface area contributed by atoms with E-state index < -0.39 is 0 Å². The number of fused-ring (bicyclic) bond motifs is 1. The fourth-order valence-electron chi connectivity index (χ4n) is 2.96. The molecule has 7 heteroatoms. The van der Waals surface area contributed by atoms with Gasteiger partial charge in [-0.15, -0.1) is 0 Å². The topological polar surface area (TPSA) is 77.7 Å². The molecule has 0 atom stereocenters. The third-order valence-electron chi connectivity index (χ3n) is 4.57. The second-order valence-corrected chi connectivity index (χ2v) is 6.50. The van der Waals surface area contributed by atoms with Gasteiger partial charge in [-0.05, 0) is 62.2 Å². The van der Waals surface area contributed by atoms with Crippen molar-refractivity contribution in [3.63, 3.8) is 0 Å². The fourth-order valence-corrected chi connectivity index (χ4v) is 2.96. The van der Waals surface area contributed by atoms with E-state index >= 15 is 0 Å². The maximum absolute atomic E-state index is 13.0. The molecule has 0 unspecified atom stereocenters. The van der Waals surface area contributed by atoms with Gasteiger partial charge in [-0.25, -0.2) is 10.4 Å². The summed E-state index contributed by atoms with van der Waals surface area (Å²) in [6.45, 7) is 5.58. The van der Waals surface area contributed by atoms with Crippen LogP contribution in [0.2, 0.25) is 0 Å².